The monoisotopic (exact) mass is 640 g/mol. The van der Waals surface area contributed by atoms with Crippen LogP contribution in [0.3, 0.4) is 0 Å². The minimum Gasteiger partial charge on any atom is -0.309 e. The molecule has 0 amide bonds. The highest BCUT2D eigenvalue weighted by Crippen LogP contribution is 2.46. The van der Waals surface area contributed by atoms with Gasteiger partial charge < -0.3 is 4.57 Å². The van der Waals surface area contributed by atoms with E-state index in [1.54, 1.807) is 0 Å². The predicted octanol–water partition coefficient (Wildman–Crippen LogP) is 13.0. The van der Waals surface area contributed by atoms with Gasteiger partial charge in [0.1, 0.15) is 4.83 Å². The molecule has 0 saturated heterocycles. The summed E-state index contributed by atoms with van der Waals surface area (Å²) in [6.07, 6.45) is 0. The van der Waals surface area contributed by atoms with Crippen molar-refractivity contribution in [3.8, 4) is 38.4 Å². The van der Waals surface area contributed by atoms with Crippen molar-refractivity contribution in [1.82, 2.24) is 8.97 Å². The highest BCUT2D eigenvalue weighted by molar-refractivity contribution is 7.22. The molecule has 0 fully saturated rings. The molecule has 11 aromatic rings. The lowest BCUT2D eigenvalue weighted by molar-refractivity contribution is 1.18. The Balaban J connectivity index is 1.15. The topological polar surface area (TPSA) is 9.34 Å². The summed E-state index contributed by atoms with van der Waals surface area (Å²) in [5.74, 6) is 0. The van der Waals surface area contributed by atoms with Crippen LogP contribution in [-0.4, -0.2) is 8.97 Å². The summed E-state index contributed by atoms with van der Waals surface area (Å²) in [7, 11) is 0. The maximum absolute atomic E-state index is 2.50. The summed E-state index contributed by atoms with van der Waals surface area (Å²) >= 11 is 1.89. The molecule has 11 rings (SSSR count). The maximum atomic E-state index is 2.50. The van der Waals surface area contributed by atoms with Gasteiger partial charge in [0.05, 0.1) is 22.1 Å². The van der Waals surface area contributed by atoms with E-state index in [2.05, 4.69) is 179 Å². The van der Waals surface area contributed by atoms with Crippen molar-refractivity contribution in [1.29, 1.82) is 0 Å². The third-order valence-corrected chi connectivity index (χ3v) is 11.4. The van der Waals surface area contributed by atoms with Crippen LogP contribution < -0.4 is 0 Å². The van der Waals surface area contributed by atoms with E-state index in [0.717, 1.165) is 0 Å². The van der Waals surface area contributed by atoms with Crippen LogP contribution in [0.4, 0.5) is 0 Å². The molecular formula is C46H28N2S. The summed E-state index contributed by atoms with van der Waals surface area (Å²) in [5, 5.41) is 7.79. The number of benzene rings is 7. The molecule has 0 bridgehead atoms. The first kappa shape index (κ1) is 26.9. The van der Waals surface area contributed by atoms with Gasteiger partial charge in [0.25, 0.3) is 0 Å². The SMILES string of the molecule is c1ccc(-c2cccc(-n3c4ccccc4c4cc(-c5cc6c7ccccc7n7c8sc(-c9ccccc9)cc8c(c5)c67)ccc43)c2)cc1. The number of fused-ring (bicyclic) bond motifs is 9. The third kappa shape index (κ3) is 3.88. The maximum Gasteiger partial charge on any atom is 0.109 e. The first-order valence-corrected chi connectivity index (χ1v) is 17.6. The molecule has 0 saturated carbocycles. The Morgan fingerprint density at radius 3 is 1.73 bits per heavy atom. The third-order valence-electron chi connectivity index (χ3n) is 10.3. The van der Waals surface area contributed by atoms with Crippen LogP contribution in [0.2, 0.25) is 0 Å². The molecule has 49 heavy (non-hydrogen) atoms. The lowest BCUT2D eigenvalue weighted by Gasteiger charge is -2.11. The van der Waals surface area contributed by atoms with Gasteiger partial charge in [0, 0.05) is 42.9 Å². The minimum atomic E-state index is 1.17. The fourth-order valence-electron chi connectivity index (χ4n) is 8.05. The zero-order valence-electron chi connectivity index (χ0n) is 26.5. The lowest BCUT2D eigenvalue weighted by Crippen LogP contribution is -1.94. The van der Waals surface area contributed by atoms with Crippen molar-refractivity contribution in [3.05, 3.63) is 170 Å². The Labute approximate surface area is 286 Å². The van der Waals surface area contributed by atoms with Gasteiger partial charge in [-0.05, 0) is 82.4 Å². The molecule has 228 valence electrons. The van der Waals surface area contributed by atoms with Gasteiger partial charge >= 0.3 is 0 Å². The smallest absolute Gasteiger partial charge is 0.109 e. The van der Waals surface area contributed by atoms with Gasteiger partial charge in [-0.25, -0.2) is 0 Å². The van der Waals surface area contributed by atoms with Crippen LogP contribution in [-0.2, 0) is 0 Å². The Hall–Kier alpha value is -6.16. The second-order valence-corrected chi connectivity index (χ2v) is 14.0. The van der Waals surface area contributed by atoms with E-state index < -0.39 is 0 Å². The van der Waals surface area contributed by atoms with Crippen LogP contribution >= 0.6 is 11.3 Å². The molecule has 0 spiro atoms. The number of hydrogen-bond donors (Lipinski definition) is 0. The fraction of sp³-hybridized carbons (Fsp3) is 0. The van der Waals surface area contributed by atoms with Crippen molar-refractivity contribution in [2.75, 3.05) is 0 Å². The van der Waals surface area contributed by atoms with Gasteiger partial charge in [-0.15, -0.1) is 11.3 Å². The molecule has 7 aromatic carbocycles. The van der Waals surface area contributed by atoms with Crippen LogP contribution in [0.1, 0.15) is 0 Å². The van der Waals surface area contributed by atoms with Crippen molar-refractivity contribution in [3.63, 3.8) is 0 Å². The molecule has 0 atom stereocenters. The van der Waals surface area contributed by atoms with E-state index in [4.69, 9.17) is 0 Å². The van der Waals surface area contributed by atoms with E-state index in [-0.39, 0.29) is 0 Å². The zero-order chi connectivity index (χ0) is 32.1. The molecule has 0 radical (unpaired) electrons. The number of rotatable bonds is 4. The second kappa shape index (κ2) is 10.2. The summed E-state index contributed by atoms with van der Waals surface area (Å²) in [6.45, 7) is 0. The van der Waals surface area contributed by atoms with Crippen molar-refractivity contribution in [2.45, 2.75) is 0 Å². The van der Waals surface area contributed by atoms with E-state index >= 15 is 0 Å². The molecular weight excluding hydrogens is 613 g/mol. The molecule has 4 aromatic heterocycles. The number of hydrogen-bond acceptors (Lipinski definition) is 1. The minimum absolute atomic E-state index is 1.17. The summed E-state index contributed by atoms with van der Waals surface area (Å²) in [5.41, 5.74) is 12.4. The predicted molar refractivity (Wildman–Crippen MR) is 210 cm³/mol. The normalized spacial score (nSPS) is 12.1. The number of nitrogens with zero attached hydrogens (tertiary/aromatic N) is 2. The Morgan fingerprint density at radius 1 is 0.347 bits per heavy atom. The fourth-order valence-corrected chi connectivity index (χ4v) is 9.25. The Kier molecular flexibility index (Phi) is 5.57. The van der Waals surface area contributed by atoms with E-state index in [0.29, 0.717) is 0 Å². The first-order valence-electron chi connectivity index (χ1n) is 16.8. The van der Waals surface area contributed by atoms with Gasteiger partial charge in [0.2, 0.25) is 0 Å². The standard InChI is InChI=1S/C46H28N2S/c1-3-12-29(13-4-1)31-16-11-17-34(24-31)47-41-20-9-7-18-35(41)37-25-32(22-23-43(37)47)33-26-38-36-19-8-10-21-42(36)48-45(38)39(27-33)40-28-44(49-46(40)48)30-14-5-2-6-15-30/h1-28H. The second-order valence-electron chi connectivity index (χ2n) is 13.0. The first-order chi connectivity index (χ1) is 24.3. The number of thiophene rings is 1. The molecule has 0 aliphatic rings. The van der Waals surface area contributed by atoms with Crippen LogP contribution in [0, 0.1) is 0 Å². The van der Waals surface area contributed by atoms with Gasteiger partial charge in [-0.3, -0.25) is 4.40 Å². The summed E-state index contributed by atoms with van der Waals surface area (Å²) in [4.78, 5) is 2.62. The van der Waals surface area contributed by atoms with Gasteiger partial charge in [-0.2, -0.15) is 0 Å². The molecule has 3 heteroatoms. The molecule has 0 aliphatic carbocycles. The Bertz CT molecular complexity index is 3030. The van der Waals surface area contributed by atoms with E-state index in [9.17, 15) is 0 Å². The zero-order valence-corrected chi connectivity index (χ0v) is 27.3. The summed E-state index contributed by atoms with van der Waals surface area (Å²) in [6, 6.07) is 62.3. The molecule has 0 aliphatic heterocycles. The molecule has 0 unspecified atom stereocenters. The highest BCUT2D eigenvalue weighted by Gasteiger charge is 2.22. The van der Waals surface area contributed by atoms with E-state index in [1.165, 1.54) is 97.6 Å². The molecule has 0 N–H and O–H groups in total. The van der Waals surface area contributed by atoms with Crippen molar-refractivity contribution < 1.29 is 0 Å². The van der Waals surface area contributed by atoms with Crippen molar-refractivity contribution in [2.24, 2.45) is 0 Å². The lowest BCUT2D eigenvalue weighted by atomic mass is 9.98. The van der Waals surface area contributed by atoms with Crippen LogP contribution in [0.15, 0.2) is 170 Å². The summed E-state index contributed by atoms with van der Waals surface area (Å²) < 4.78 is 4.91. The molecule has 4 heterocycles. The van der Waals surface area contributed by atoms with Crippen molar-refractivity contribution >= 4 is 70.6 Å². The average molecular weight is 641 g/mol. The number of aromatic nitrogens is 2. The van der Waals surface area contributed by atoms with Crippen LogP contribution in [0.25, 0.3) is 97.6 Å². The number of para-hydroxylation sites is 2. The molecule has 2 nitrogen and oxygen atoms in total. The largest absolute Gasteiger partial charge is 0.309 e. The average Bonchev–Trinajstić information content (AvgIpc) is 3.91. The van der Waals surface area contributed by atoms with Gasteiger partial charge in [0.15, 0.2) is 0 Å². The van der Waals surface area contributed by atoms with Gasteiger partial charge in [-0.1, -0.05) is 115 Å². The highest BCUT2D eigenvalue weighted by atomic mass is 32.1. The quantitative estimate of drug-likeness (QED) is 0.181. The Morgan fingerprint density at radius 2 is 0.939 bits per heavy atom. The van der Waals surface area contributed by atoms with E-state index in [1.807, 2.05) is 11.3 Å². The van der Waals surface area contributed by atoms with Crippen LogP contribution in [0.5, 0.6) is 0 Å².